The van der Waals surface area contributed by atoms with Gasteiger partial charge in [0.2, 0.25) is 0 Å². The second-order valence-corrected chi connectivity index (χ2v) is 9.06. The van der Waals surface area contributed by atoms with Gasteiger partial charge in [-0.25, -0.2) is 4.98 Å². The Labute approximate surface area is 195 Å². The summed E-state index contributed by atoms with van der Waals surface area (Å²) in [6, 6.07) is 15.3. The lowest BCUT2D eigenvalue weighted by molar-refractivity contribution is 0.260. The Hall–Kier alpha value is -2.28. The fourth-order valence-corrected chi connectivity index (χ4v) is 5.03. The molecule has 0 bridgehead atoms. The molecular formula is C26H33N3O2S. The summed E-state index contributed by atoms with van der Waals surface area (Å²) in [5.41, 5.74) is 4.06. The molecule has 2 heterocycles. The van der Waals surface area contributed by atoms with Gasteiger partial charge in [-0.2, -0.15) is 0 Å². The molecule has 1 N–H and O–H groups in total. The smallest absolute Gasteiger partial charge is 0.128 e. The Kier molecular flexibility index (Phi) is 7.55. The maximum atomic E-state index is 5.70. The molecule has 1 aliphatic heterocycles. The molecule has 1 unspecified atom stereocenters. The first-order chi connectivity index (χ1) is 15.7. The highest BCUT2D eigenvalue weighted by Crippen LogP contribution is 2.36. The van der Waals surface area contributed by atoms with Crippen LogP contribution >= 0.6 is 11.8 Å². The zero-order valence-electron chi connectivity index (χ0n) is 19.5. The quantitative estimate of drug-likeness (QED) is 0.451. The number of rotatable bonds is 9. The molecular weight excluding hydrogens is 418 g/mol. The molecule has 1 aliphatic rings. The molecule has 1 saturated heterocycles. The number of aromatic nitrogens is 1. The van der Waals surface area contributed by atoms with E-state index in [0.717, 1.165) is 53.3 Å². The Morgan fingerprint density at radius 3 is 2.75 bits per heavy atom. The minimum atomic E-state index is 0.618. The molecule has 4 rings (SSSR count). The third-order valence-corrected chi connectivity index (χ3v) is 7.09. The van der Waals surface area contributed by atoms with Gasteiger partial charge in [0.25, 0.3) is 0 Å². The second-order valence-electron chi connectivity index (χ2n) is 8.18. The first kappa shape index (κ1) is 22.9. The highest BCUT2D eigenvalue weighted by molar-refractivity contribution is 7.98. The number of methoxy groups -OCH3 is 2. The van der Waals surface area contributed by atoms with E-state index in [1.165, 1.54) is 29.8 Å². The first-order valence-corrected chi connectivity index (χ1v) is 12.5. The van der Waals surface area contributed by atoms with Crippen LogP contribution in [-0.2, 0) is 6.54 Å². The van der Waals surface area contributed by atoms with Gasteiger partial charge in [0.05, 0.1) is 25.4 Å². The van der Waals surface area contributed by atoms with Gasteiger partial charge in [-0.3, -0.25) is 4.90 Å². The van der Waals surface area contributed by atoms with Crippen molar-refractivity contribution in [2.45, 2.75) is 37.2 Å². The van der Waals surface area contributed by atoms with Crippen LogP contribution in [0.5, 0.6) is 11.5 Å². The van der Waals surface area contributed by atoms with E-state index in [2.05, 4.69) is 47.7 Å². The number of nitrogens with one attached hydrogen (secondary N) is 1. The average Bonchev–Trinajstić information content (AvgIpc) is 3.30. The van der Waals surface area contributed by atoms with E-state index in [1.807, 2.05) is 18.2 Å². The van der Waals surface area contributed by atoms with Gasteiger partial charge in [-0.15, -0.1) is 11.8 Å². The summed E-state index contributed by atoms with van der Waals surface area (Å²) in [5, 5.41) is 4.87. The zero-order valence-corrected chi connectivity index (χ0v) is 20.3. The van der Waals surface area contributed by atoms with Crippen LogP contribution in [0, 0.1) is 0 Å². The molecule has 0 spiro atoms. The van der Waals surface area contributed by atoms with Crippen molar-refractivity contribution in [3.63, 3.8) is 0 Å². The number of likely N-dealkylation sites (tertiary alicyclic amines) is 1. The van der Waals surface area contributed by atoms with Crippen LogP contribution in [0.2, 0.25) is 0 Å². The molecule has 5 nitrogen and oxygen atoms in total. The van der Waals surface area contributed by atoms with E-state index < -0.39 is 0 Å². The van der Waals surface area contributed by atoms with E-state index in [1.54, 1.807) is 26.0 Å². The summed E-state index contributed by atoms with van der Waals surface area (Å²) < 4.78 is 11.2. The van der Waals surface area contributed by atoms with Crippen molar-refractivity contribution in [1.29, 1.82) is 0 Å². The third-order valence-electron chi connectivity index (χ3n) is 6.37. The van der Waals surface area contributed by atoms with Crippen molar-refractivity contribution < 1.29 is 9.47 Å². The van der Waals surface area contributed by atoms with Crippen LogP contribution in [0.3, 0.4) is 0 Å². The fraction of sp³-hybridized carbons (Fsp3) is 0.423. The number of nitrogens with zero attached hydrogens (tertiary/aromatic N) is 2. The Morgan fingerprint density at radius 2 is 2.00 bits per heavy atom. The van der Waals surface area contributed by atoms with Gasteiger partial charge in [0.1, 0.15) is 11.5 Å². The highest BCUT2D eigenvalue weighted by atomic mass is 32.2. The Balaban J connectivity index is 1.72. The normalized spacial score (nSPS) is 16.6. The van der Waals surface area contributed by atoms with Gasteiger partial charge < -0.3 is 14.8 Å². The number of hydrogen-bond donors (Lipinski definition) is 1. The van der Waals surface area contributed by atoms with Crippen LogP contribution in [-0.4, -0.2) is 56.0 Å². The largest absolute Gasteiger partial charge is 0.497 e. The highest BCUT2D eigenvalue weighted by Gasteiger charge is 2.22. The molecule has 3 aromatic rings. The maximum absolute atomic E-state index is 5.70. The minimum absolute atomic E-state index is 0.618. The number of ether oxygens (including phenoxy) is 2. The van der Waals surface area contributed by atoms with Gasteiger partial charge in [0, 0.05) is 35.0 Å². The predicted molar refractivity (Wildman–Crippen MR) is 134 cm³/mol. The van der Waals surface area contributed by atoms with Crippen molar-refractivity contribution in [2.75, 3.05) is 40.1 Å². The Bertz CT molecular complexity index is 1070. The molecule has 0 amide bonds. The molecule has 2 aromatic carbocycles. The number of hydrogen-bond acceptors (Lipinski definition) is 6. The van der Waals surface area contributed by atoms with Crippen molar-refractivity contribution in [2.24, 2.45) is 0 Å². The molecule has 0 aliphatic carbocycles. The van der Waals surface area contributed by atoms with Gasteiger partial charge in [-0.1, -0.05) is 13.0 Å². The number of thioether (sulfide) groups is 1. The lowest BCUT2D eigenvalue weighted by Gasteiger charge is -2.23. The molecule has 6 heteroatoms. The topological polar surface area (TPSA) is 46.6 Å². The standard InChI is InChI=1S/C26H33N3O2S/c1-5-29-12-6-7-20(29)17-27-16-19-13-18-8-10-22(32-4)15-24(18)28-26(19)23-14-21(30-2)9-11-25(23)31-3/h8-11,13-15,20,27H,5-7,12,16-17H2,1-4H3. The van der Waals surface area contributed by atoms with Gasteiger partial charge >= 0.3 is 0 Å². The number of benzene rings is 2. The summed E-state index contributed by atoms with van der Waals surface area (Å²) in [7, 11) is 3.39. The molecule has 0 saturated carbocycles. The average molecular weight is 452 g/mol. The SMILES string of the molecule is CCN1CCCC1CNCc1cc2ccc(SC)cc2nc1-c1cc(OC)ccc1OC. The molecule has 170 valence electrons. The maximum Gasteiger partial charge on any atom is 0.128 e. The first-order valence-electron chi connectivity index (χ1n) is 11.3. The predicted octanol–water partition coefficient (Wildman–Crippen LogP) is 5.21. The molecule has 32 heavy (non-hydrogen) atoms. The van der Waals surface area contributed by atoms with Gasteiger partial charge in [0.15, 0.2) is 0 Å². The van der Waals surface area contributed by atoms with Gasteiger partial charge in [-0.05, 0) is 74.1 Å². The number of likely N-dealkylation sites (N-methyl/N-ethyl adjacent to an activating group) is 1. The van der Waals surface area contributed by atoms with E-state index in [0.29, 0.717) is 6.04 Å². The van der Waals surface area contributed by atoms with E-state index >= 15 is 0 Å². The zero-order chi connectivity index (χ0) is 22.5. The fourth-order valence-electron chi connectivity index (χ4n) is 4.60. The van der Waals surface area contributed by atoms with Crippen molar-refractivity contribution in [3.8, 4) is 22.8 Å². The molecule has 1 atom stereocenters. The Morgan fingerprint density at radius 1 is 1.12 bits per heavy atom. The second kappa shape index (κ2) is 10.6. The monoisotopic (exact) mass is 451 g/mol. The van der Waals surface area contributed by atoms with Crippen LogP contribution < -0.4 is 14.8 Å². The lowest BCUT2D eigenvalue weighted by Crippen LogP contribution is -2.37. The van der Waals surface area contributed by atoms with E-state index in [-0.39, 0.29) is 0 Å². The van der Waals surface area contributed by atoms with Crippen molar-refractivity contribution in [3.05, 3.63) is 48.0 Å². The minimum Gasteiger partial charge on any atom is -0.497 e. The summed E-state index contributed by atoms with van der Waals surface area (Å²) >= 11 is 1.73. The molecule has 1 aromatic heterocycles. The molecule has 1 fully saturated rings. The summed E-state index contributed by atoms with van der Waals surface area (Å²) in [6.07, 6.45) is 4.65. The van der Waals surface area contributed by atoms with E-state index in [9.17, 15) is 0 Å². The summed E-state index contributed by atoms with van der Waals surface area (Å²) in [4.78, 5) is 8.90. The van der Waals surface area contributed by atoms with Crippen molar-refractivity contribution in [1.82, 2.24) is 15.2 Å². The van der Waals surface area contributed by atoms with Crippen LogP contribution in [0.4, 0.5) is 0 Å². The van der Waals surface area contributed by atoms with E-state index in [4.69, 9.17) is 14.5 Å². The molecule has 0 radical (unpaired) electrons. The summed E-state index contributed by atoms with van der Waals surface area (Å²) in [6.45, 7) is 6.34. The van der Waals surface area contributed by atoms with Crippen LogP contribution in [0.15, 0.2) is 47.4 Å². The summed E-state index contributed by atoms with van der Waals surface area (Å²) in [5.74, 6) is 1.59. The third kappa shape index (κ3) is 4.87. The van der Waals surface area contributed by atoms with Crippen LogP contribution in [0.1, 0.15) is 25.3 Å². The van der Waals surface area contributed by atoms with Crippen molar-refractivity contribution >= 4 is 22.7 Å². The van der Waals surface area contributed by atoms with Crippen LogP contribution in [0.25, 0.3) is 22.2 Å². The lowest BCUT2D eigenvalue weighted by atomic mass is 10.0. The number of fused-ring (bicyclic) bond motifs is 1. The number of pyridine rings is 1.